The fourth-order valence-electron chi connectivity index (χ4n) is 15.3. The number of aromatic nitrogens is 1. The van der Waals surface area contributed by atoms with E-state index in [2.05, 4.69) is 87.2 Å². The van der Waals surface area contributed by atoms with Crippen LogP contribution in [-0.4, -0.2) is 82.5 Å². The van der Waals surface area contributed by atoms with Gasteiger partial charge in [0, 0.05) is 44.0 Å². The average Bonchev–Trinajstić information content (AvgIpc) is 3.55. The molecule has 7 aliphatic rings. The summed E-state index contributed by atoms with van der Waals surface area (Å²) in [6.07, 6.45) is 20.1. The van der Waals surface area contributed by atoms with Crippen LogP contribution in [0.3, 0.4) is 0 Å². The largest absolute Gasteiger partial charge is 0.481 e. The topological polar surface area (TPSA) is 74.7 Å². The smallest absolute Gasteiger partial charge is 0.313 e. The van der Waals surface area contributed by atoms with Gasteiger partial charge in [0.2, 0.25) is 5.88 Å². The molecular formula is C50H75N3O3S. The maximum Gasteiger partial charge on any atom is 0.313 e. The van der Waals surface area contributed by atoms with E-state index in [0.29, 0.717) is 53.2 Å². The van der Waals surface area contributed by atoms with Crippen LogP contribution in [0, 0.1) is 56.7 Å². The quantitative estimate of drug-likeness (QED) is 0.181. The maximum absolute atomic E-state index is 12.7. The molecule has 10 atom stereocenters. The number of ether oxygens (including phenoxy) is 1. The van der Waals surface area contributed by atoms with Crippen molar-refractivity contribution in [3.05, 3.63) is 59.8 Å². The first kappa shape index (κ1) is 41.4. The summed E-state index contributed by atoms with van der Waals surface area (Å²) < 4.78 is 5.96. The van der Waals surface area contributed by atoms with Gasteiger partial charge in [-0.15, -0.1) is 0 Å². The molecule has 4 saturated carbocycles. The summed E-state index contributed by atoms with van der Waals surface area (Å²) in [5.41, 5.74) is 4.50. The van der Waals surface area contributed by atoms with Gasteiger partial charge in [0.05, 0.1) is 0 Å². The molecule has 0 unspecified atom stereocenters. The summed E-state index contributed by atoms with van der Waals surface area (Å²) in [5.74, 6) is 14.3. The van der Waals surface area contributed by atoms with Gasteiger partial charge in [0.15, 0.2) is 0 Å². The van der Waals surface area contributed by atoms with E-state index in [1.165, 1.54) is 79.6 Å². The van der Waals surface area contributed by atoms with E-state index in [0.717, 1.165) is 44.9 Å². The zero-order valence-corrected chi connectivity index (χ0v) is 37.3. The Hall–Kier alpha value is -2.35. The molecule has 1 aromatic heterocycles. The molecular weight excluding hydrogens is 723 g/mol. The zero-order valence-electron chi connectivity index (χ0n) is 36.5. The molecule has 8 rings (SSSR count). The van der Waals surface area contributed by atoms with Gasteiger partial charge < -0.3 is 20.1 Å². The highest BCUT2D eigenvalue weighted by Crippen LogP contribution is 2.76. The van der Waals surface area contributed by atoms with E-state index in [9.17, 15) is 9.90 Å². The number of hydrogen-bond donors (Lipinski definition) is 2. The summed E-state index contributed by atoms with van der Waals surface area (Å²) >= 11 is 0. The van der Waals surface area contributed by atoms with Crippen molar-refractivity contribution in [3.63, 3.8) is 0 Å². The number of nitrogens with one attached hydrogen (secondary N) is 1. The third-order valence-electron chi connectivity index (χ3n) is 18.8. The van der Waals surface area contributed by atoms with Crippen molar-refractivity contribution in [1.29, 1.82) is 0 Å². The van der Waals surface area contributed by atoms with Crippen molar-refractivity contribution in [1.82, 2.24) is 15.2 Å². The van der Waals surface area contributed by atoms with Gasteiger partial charge in [-0.3, -0.25) is 4.79 Å². The third kappa shape index (κ3) is 6.75. The summed E-state index contributed by atoms with van der Waals surface area (Å²) in [4.78, 5) is 19.7. The molecule has 1 aliphatic heterocycles. The van der Waals surface area contributed by atoms with Gasteiger partial charge in [0.1, 0.15) is 12.0 Å². The van der Waals surface area contributed by atoms with Crippen LogP contribution < -0.4 is 10.1 Å². The van der Waals surface area contributed by atoms with Crippen LogP contribution in [0.25, 0.3) is 0 Å². The number of carbonyl (C=O) groups is 1. The number of nitrogens with zero attached hydrogens (tertiary/aromatic N) is 2. The van der Waals surface area contributed by atoms with Crippen LogP contribution >= 0.6 is 9.21 Å². The predicted molar refractivity (Wildman–Crippen MR) is 240 cm³/mol. The minimum absolute atomic E-state index is 0.0339. The van der Waals surface area contributed by atoms with Crippen molar-refractivity contribution in [2.75, 3.05) is 44.3 Å². The predicted octanol–water partition coefficient (Wildman–Crippen LogP) is 10.2. The van der Waals surface area contributed by atoms with E-state index in [1.807, 2.05) is 12.1 Å². The number of allylic oxidation sites excluding steroid dienone is 5. The third-order valence-corrected chi connectivity index (χ3v) is 20.9. The highest BCUT2D eigenvalue weighted by molar-refractivity contribution is 8.27. The minimum atomic E-state index is -0.924. The number of pyridine rings is 1. The normalized spacial score (nSPS) is 42.3. The zero-order chi connectivity index (χ0) is 40.6. The van der Waals surface area contributed by atoms with E-state index in [4.69, 9.17) is 4.74 Å². The lowest BCUT2D eigenvalue weighted by atomic mass is 9.33. The maximum atomic E-state index is 12.7. The van der Waals surface area contributed by atoms with E-state index in [1.54, 1.807) is 12.3 Å². The molecule has 1 saturated heterocycles. The molecule has 0 radical (unpaired) electrons. The van der Waals surface area contributed by atoms with Crippen molar-refractivity contribution < 1.29 is 14.6 Å². The standard InChI is InChI=1S/C50H75N3O3S/c1-35(2)37-17-24-50(52-28-29-53-30-32-57(8,9)33-31-53)26-25-47(6)39(43(37)50)13-14-41-46(5)20-18-38(45(3,4)40(46)19-21-48(41,47)7)36-15-22-49(23-16-36,44(54)55)34-56-42-12-10-11-27-51-42/h10-12,15,18,27,37,39-41,43,52H,1,8-9,13-14,16-17,19-26,28-34H2,2-7H3,(H,54,55)/t37-,39+,40-,41+,43+,46-,47+,48+,49-,50-/m0/s1. The minimum Gasteiger partial charge on any atom is -0.481 e. The SMILES string of the molecule is C=C(C)[C@@H]1CC[C@]2(NCCN3CCS(=C)(=C)CC3)CC[C@]3(C)[C@H](CC[C@@H]4[C@@]5(C)CC=C(C6=CC[C@](COc7ccccn7)(C(=O)O)CC6)C(C)(C)[C@@H]5CC[C@]43C)[C@@H]12. The van der Waals surface area contributed by atoms with Crippen LogP contribution in [0.2, 0.25) is 0 Å². The Kier molecular flexibility index (Phi) is 10.7. The molecule has 2 heterocycles. The van der Waals surface area contributed by atoms with Crippen LogP contribution in [0.1, 0.15) is 119 Å². The molecule has 1 aromatic rings. The fourth-order valence-corrected chi connectivity index (χ4v) is 16.8. The Labute approximate surface area is 346 Å². The molecule has 0 amide bonds. The number of hydrogen-bond acceptors (Lipinski definition) is 5. The van der Waals surface area contributed by atoms with Crippen molar-refractivity contribution in [2.24, 2.45) is 56.7 Å². The summed E-state index contributed by atoms with van der Waals surface area (Å²) in [6.45, 7) is 25.0. The first-order chi connectivity index (χ1) is 26.9. The van der Waals surface area contributed by atoms with Gasteiger partial charge in [-0.05, 0) is 164 Å². The van der Waals surface area contributed by atoms with Gasteiger partial charge >= 0.3 is 5.97 Å². The molecule has 2 N–H and O–H groups in total. The van der Waals surface area contributed by atoms with Crippen LogP contribution in [0.15, 0.2) is 59.8 Å². The number of fused-ring (bicyclic) bond motifs is 7. The molecule has 314 valence electrons. The molecule has 0 bridgehead atoms. The first-order valence-electron chi connectivity index (χ1n) is 22.6. The van der Waals surface area contributed by atoms with Gasteiger partial charge in [0.25, 0.3) is 0 Å². The second-order valence-electron chi connectivity index (χ2n) is 21.8. The van der Waals surface area contributed by atoms with Crippen LogP contribution in [0.4, 0.5) is 0 Å². The highest BCUT2D eigenvalue weighted by atomic mass is 32.2. The Morgan fingerprint density at radius 3 is 2.39 bits per heavy atom. The van der Waals surface area contributed by atoms with Gasteiger partial charge in [-0.1, -0.05) is 76.7 Å². The summed E-state index contributed by atoms with van der Waals surface area (Å²) in [6, 6.07) is 5.53. The Balaban J connectivity index is 1.01. The van der Waals surface area contributed by atoms with E-state index >= 15 is 0 Å². The lowest BCUT2D eigenvalue weighted by Gasteiger charge is -2.72. The van der Waals surface area contributed by atoms with E-state index in [-0.39, 0.29) is 23.0 Å². The number of rotatable bonds is 10. The first-order valence-corrected chi connectivity index (χ1v) is 25.0. The molecule has 6 aliphatic carbocycles. The van der Waals surface area contributed by atoms with Crippen molar-refractivity contribution in [2.45, 2.75) is 124 Å². The molecule has 0 aromatic carbocycles. The Morgan fingerprint density at radius 1 is 0.947 bits per heavy atom. The second kappa shape index (κ2) is 14.7. The number of aliphatic carboxylic acids is 1. The average molecular weight is 798 g/mol. The highest BCUT2D eigenvalue weighted by Gasteiger charge is 2.70. The molecule has 0 spiro atoms. The summed E-state index contributed by atoms with van der Waals surface area (Å²) in [7, 11) is -0.873. The fraction of sp³-hybridized carbons (Fsp3) is 0.720. The van der Waals surface area contributed by atoms with Crippen LogP contribution in [-0.2, 0) is 4.79 Å². The number of carboxylic acid groups (broad SMARTS) is 1. The van der Waals surface area contributed by atoms with Gasteiger partial charge in [-0.2, -0.15) is 0 Å². The molecule has 5 fully saturated rings. The molecule has 6 nitrogen and oxygen atoms in total. The lowest BCUT2D eigenvalue weighted by molar-refractivity contribution is -0.221. The Morgan fingerprint density at radius 2 is 1.72 bits per heavy atom. The van der Waals surface area contributed by atoms with Gasteiger partial charge in [-0.25, -0.2) is 14.2 Å². The van der Waals surface area contributed by atoms with E-state index < -0.39 is 20.6 Å². The van der Waals surface area contributed by atoms with Crippen LogP contribution in [0.5, 0.6) is 5.88 Å². The summed E-state index contributed by atoms with van der Waals surface area (Å²) in [5, 5.41) is 14.8. The molecule has 7 heteroatoms. The van der Waals surface area contributed by atoms with Crippen molar-refractivity contribution in [3.8, 4) is 5.88 Å². The number of carboxylic acids is 1. The second-order valence-corrected chi connectivity index (χ2v) is 25.0. The molecule has 57 heavy (non-hydrogen) atoms. The van der Waals surface area contributed by atoms with Crippen molar-refractivity contribution >= 4 is 26.9 Å². The Bertz CT molecular complexity index is 1890. The lowest BCUT2D eigenvalue weighted by Crippen LogP contribution is -2.68. The monoisotopic (exact) mass is 798 g/mol.